The highest BCUT2D eigenvalue weighted by Gasteiger charge is 2.38. The van der Waals surface area contributed by atoms with Crippen LogP contribution in [0.25, 0.3) is 11.0 Å². The molecule has 5 rings (SSSR count). The standard InChI is InChI=1S/C25H20BrF3N4O5S2/c26-17-12-16(25(27,28)29)9-10-21(17)39(35,36)32-20(24-30-18-3-1-2-4-19(18)31-24)11-14-5-7-15(8-6-14)22-13-23(34)33-40(22,37)38/h1-10,12,20,22,32H,11,13H2,(H,30,31)(H,33,34)/t20-,22?/m0/s1. The van der Waals surface area contributed by atoms with Crippen LogP contribution in [-0.4, -0.2) is 32.7 Å². The summed E-state index contributed by atoms with van der Waals surface area (Å²) in [7, 11) is -8.19. The van der Waals surface area contributed by atoms with Crippen molar-refractivity contribution >= 4 is 52.9 Å². The number of rotatable bonds is 7. The van der Waals surface area contributed by atoms with Crippen LogP contribution >= 0.6 is 15.9 Å². The first-order valence-electron chi connectivity index (χ1n) is 11.7. The number of fused-ring (bicyclic) bond motifs is 1. The van der Waals surface area contributed by atoms with Crippen LogP contribution < -0.4 is 9.44 Å². The number of aromatic nitrogens is 2. The fourth-order valence-electron chi connectivity index (χ4n) is 4.43. The van der Waals surface area contributed by atoms with E-state index in [-0.39, 0.29) is 28.0 Å². The summed E-state index contributed by atoms with van der Waals surface area (Å²) in [6.45, 7) is 0. The van der Waals surface area contributed by atoms with E-state index >= 15 is 0 Å². The Morgan fingerprint density at radius 1 is 1.07 bits per heavy atom. The van der Waals surface area contributed by atoms with Crippen molar-refractivity contribution in [1.82, 2.24) is 19.4 Å². The molecule has 0 aliphatic carbocycles. The predicted octanol–water partition coefficient (Wildman–Crippen LogP) is 4.50. The van der Waals surface area contributed by atoms with E-state index in [4.69, 9.17) is 0 Å². The van der Waals surface area contributed by atoms with Crippen molar-refractivity contribution in [3.8, 4) is 0 Å². The van der Waals surface area contributed by atoms with Crippen LogP contribution in [0.5, 0.6) is 0 Å². The number of alkyl halides is 3. The Kier molecular flexibility index (Phi) is 7.27. The number of carbonyl (C=O) groups excluding carboxylic acids is 1. The Balaban J connectivity index is 1.47. The predicted molar refractivity (Wildman–Crippen MR) is 143 cm³/mol. The lowest BCUT2D eigenvalue weighted by Gasteiger charge is -2.19. The largest absolute Gasteiger partial charge is 0.416 e. The number of hydrogen-bond donors (Lipinski definition) is 3. The second-order valence-electron chi connectivity index (χ2n) is 9.16. The number of hydrogen-bond acceptors (Lipinski definition) is 6. The SMILES string of the molecule is O=C1CC(c2ccc(C[C@H](NS(=O)(=O)c3ccc(C(F)(F)F)cc3Br)c3nc4ccccc4[nH]3)cc2)S(=O)(=O)N1. The number of sulfonamides is 2. The molecule has 9 nitrogen and oxygen atoms in total. The third-order valence-electron chi connectivity index (χ3n) is 6.38. The summed E-state index contributed by atoms with van der Waals surface area (Å²) in [6, 6.07) is 14.6. The summed E-state index contributed by atoms with van der Waals surface area (Å²) in [5.74, 6) is -0.326. The molecule has 40 heavy (non-hydrogen) atoms. The van der Waals surface area contributed by atoms with E-state index in [0.29, 0.717) is 34.3 Å². The molecule has 1 aliphatic rings. The molecular formula is C25H20BrF3N4O5S2. The zero-order chi connectivity index (χ0) is 28.9. The van der Waals surface area contributed by atoms with Gasteiger partial charge in [-0.05, 0) is 63.8 Å². The van der Waals surface area contributed by atoms with Crippen molar-refractivity contribution in [2.45, 2.75) is 35.2 Å². The number of amides is 1. The number of benzene rings is 3. The molecule has 3 aromatic carbocycles. The highest BCUT2D eigenvalue weighted by Crippen LogP contribution is 2.35. The van der Waals surface area contributed by atoms with Gasteiger partial charge in [0.25, 0.3) is 0 Å². The van der Waals surface area contributed by atoms with Gasteiger partial charge in [-0.25, -0.2) is 26.5 Å². The summed E-state index contributed by atoms with van der Waals surface area (Å²) < 4.78 is 94.7. The summed E-state index contributed by atoms with van der Waals surface area (Å²) in [5.41, 5.74) is 1.23. The highest BCUT2D eigenvalue weighted by atomic mass is 79.9. The third-order valence-corrected chi connectivity index (χ3v) is 10.5. The van der Waals surface area contributed by atoms with Gasteiger partial charge in [-0.3, -0.25) is 9.52 Å². The maximum atomic E-state index is 13.4. The first-order valence-corrected chi connectivity index (χ1v) is 15.5. The molecule has 1 aromatic heterocycles. The monoisotopic (exact) mass is 656 g/mol. The molecule has 1 amide bonds. The number of H-pyrrole nitrogens is 1. The van der Waals surface area contributed by atoms with Gasteiger partial charge in [-0.1, -0.05) is 36.4 Å². The first-order chi connectivity index (χ1) is 18.7. The van der Waals surface area contributed by atoms with Crippen LogP contribution in [0.4, 0.5) is 13.2 Å². The number of imidazole rings is 1. The van der Waals surface area contributed by atoms with Crippen LogP contribution in [0.2, 0.25) is 0 Å². The molecular weight excluding hydrogens is 637 g/mol. The van der Waals surface area contributed by atoms with Crippen molar-refractivity contribution < 1.29 is 34.8 Å². The molecule has 1 fully saturated rings. The van der Waals surface area contributed by atoms with Crippen molar-refractivity contribution in [1.29, 1.82) is 0 Å². The van der Waals surface area contributed by atoms with Crippen LogP contribution in [0.3, 0.4) is 0 Å². The molecule has 2 atom stereocenters. The van der Waals surface area contributed by atoms with E-state index in [2.05, 4.69) is 30.6 Å². The van der Waals surface area contributed by atoms with Gasteiger partial charge in [0.2, 0.25) is 26.0 Å². The van der Waals surface area contributed by atoms with E-state index in [1.807, 2.05) is 4.72 Å². The summed E-state index contributed by atoms with van der Waals surface area (Å²) >= 11 is 2.95. The maximum Gasteiger partial charge on any atom is 0.416 e. The van der Waals surface area contributed by atoms with Gasteiger partial charge in [-0.15, -0.1) is 0 Å². The Morgan fingerprint density at radius 3 is 2.38 bits per heavy atom. The van der Waals surface area contributed by atoms with Crippen molar-refractivity contribution in [3.63, 3.8) is 0 Å². The average Bonchev–Trinajstić information content (AvgIpc) is 3.42. The molecule has 210 valence electrons. The zero-order valence-corrected chi connectivity index (χ0v) is 23.5. The maximum absolute atomic E-state index is 13.4. The number of para-hydroxylation sites is 2. The van der Waals surface area contributed by atoms with Crippen LogP contribution in [0.15, 0.2) is 76.1 Å². The molecule has 0 spiro atoms. The van der Waals surface area contributed by atoms with Crippen molar-refractivity contribution in [2.24, 2.45) is 0 Å². The molecule has 4 aromatic rings. The topological polar surface area (TPSA) is 138 Å². The first kappa shape index (κ1) is 28.3. The van der Waals surface area contributed by atoms with Gasteiger partial charge >= 0.3 is 6.18 Å². The fraction of sp³-hybridized carbons (Fsp3) is 0.200. The Labute approximate surface area is 235 Å². The summed E-state index contributed by atoms with van der Waals surface area (Å²) in [4.78, 5) is 18.8. The number of nitrogens with one attached hydrogen (secondary N) is 3. The smallest absolute Gasteiger partial charge is 0.341 e. The molecule has 1 saturated heterocycles. The Bertz CT molecular complexity index is 1790. The fourth-order valence-corrected chi connectivity index (χ4v) is 8.13. The number of carbonyl (C=O) groups is 1. The molecule has 3 N–H and O–H groups in total. The highest BCUT2D eigenvalue weighted by molar-refractivity contribution is 9.10. The van der Waals surface area contributed by atoms with Gasteiger partial charge in [-0.2, -0.15) is 13.2 Å². The minimum atomic E-state index is -4.65. The van der Waals surface area contributed by atoms with Gasteiger partial charge in [0.15, 0.2) is 0 Å². The van der Waals surface area contributed by atoms with E-state index in [1.54, 1.807) is 48.5 Å². The summed E-state index contributed by atoms with van der Waals surface area (Å²) in [5, 5.41) is -1.03. The number of halogens is 4. The second kappa shape index (κ2) is 10.3. The van der Waals surface area contributed by atoms with Crippen LogP contribution in [0.1, 0.15) is 40.2 Å². The Morgan fingerprint density at radius 2 is 1.77 bits per heavy atom. The number of nitrogens with zero attached hydrogens (tertiary/aromatic N) is 1. The lowest BCUT2D eigenvalue weighted by molar-refractivity contribution is -0.137. The molecule has 0 bridgehead atoms. The molecule has 1 unspecified atom stereocenters. The van der Waals surface area contributed by atoms with Gasteiger partial charge in [0.1, 0.15) is 11.1 Å². The lowest BCUT2D eigenvalue weighted by atomic mass is 10.0. The summed E-state index contributed by atoms with van der Waals surface area (Å²) in [6.07, 6.45) is -4.79. The minimum absolute atomic E-state index is 0.0617. The zero-order valence-electron chi connectivity index (χ0n) is 20.2. The van der Waals surface area contributed by atoms with Gasteiger partial charge in [0, 0.05) is 4.47 Å². The van der Waals surface area contributed by atoms with E-state index in [1.165, 1.54) is 0 Å². The Hall–Kier alpha value is -3.27. The average molecular weight is 657 g/mol. The molecule has 15 heteroatoms. The van der Waals surface area contributed by atoms with Crippen LogP contribution in [0, 0.1) is 0 Å². The number of aromatic amines is 1. The van der Waals surface area contributed by atoms with Crippen molar-refractivity contribution in [3.05, 3.63) is 93.7 Å². The normalized spacial score (nSPS) is 18.1. The second-order valence-corrected chi connectivity index (χ2v) is 13.6. The van der Waals surface area contributed by atoms with Gasteiger partial charge in [0.05, 0.1) is 34.0 Å². The van der Waals surface area contributed by atoms with E-state index < -0.39 is 49.0 Å². The lowest BCUT2D eigenvalue weighted by Crippen LogP contribution is -2.31. The van der Waals surface area contributed by atoms with E-state index in [0.717, 1.165) is 6.07 Å². The van der Waals surface area contributed by atoms with Gasteiger partial charge < -0.3 is 4.98 Å². The minimum Gasteiger partial charge on any atom is -0.341 e. The molecule has 2 heterocycles. The van der Waals surface area contributed by atoms with E-state index in [9.17, 15) is 34.8 Å². The van der Waals surface area contributed by atoms with Crippen LogP contribution in [-0.2, 0) is 37.4 Å². The molecule has 1 aliphatic heterocycles. The molecule has 0 saturated carbocycles. The third kappa shape index (κ3) is 5.77. The van der Waals surface area contributed by atoms with Crippen molar-refractivity contribution in [2.75, 3.05) is 0 Å². The quantitative estimate of drug-likeness (QED) is 0.268. The molecule has 0 radical (unpaired) electrons.